The molecule has 0 radical (unpaired) electrons. The first kappa shape index (κ1) is 17.0. The molecule has 1 atom stereocenters. The molecule has 1 aromatic heterocycles. The lowest BCUT2D eigenvalue weighted by atomic mass is 9.76. The second-order valence-electron chi connectivity index (χ2n) is 8.55. The van der Waals surface area contributed by atoms with E-state index >= 15 is 0 Å². The van der Waals surface area contributed by atoms with Crippen molar-refractivity contribution in [3.63, 3.8) is 0 Å². The first-order valence-corrected chi connectivity index (χ1v) is 9.83. The molecule has 138 valence electrons. The number of nitrogens with zero attached hydrogens (tertiary/aromatic N) is 4. The molecule has 0 bridgehead atoms. The maximum atomic E-state index is 12.6. The molecular weight excluding hydrogens is 316 g/mol. The van der Waals surface area contributed by atoms with E-state index in [1.165, 1.54) is 25.7 Å². The predicted molar refractivity (Wildman–Crippen MR) is 93.8 cm³/mol. The first-order chi connectivity index (χ1) is 12.0. The number of piperidine rings is 1. The van der Waals surface area contributed by atoms with Crippen LogP contribution in [0.25, 0.3) is 0 Å². The molecule has 1 saturated carbocycles. The first-order valence-electron chi connectivity index (χ1n) is 9.83. The van der Waals surface area contributed by atoms with E-state index in [0.717, 1.165) is 51.2 Å². The van der Waals surface area contributed by atoms with Gasteiger partial charge in [0.15, 0.2) is 5.82 Å². The van der Waals surface area contributed by atoms with Gasteiger partial charge >= 0.3 is 0 Å². The minimum Gasteiger partial charge on any atom is -0.343 e. The Morgan fingerprint density at radius 2 is 2.00 bits per heavy atom. The van der Waals surface area contributed by atoms with Crippen molar-refractivity contribution in [2.75, 3.05) is 26.7 Å². The van der Waals surface area contributed by atoms with Crippen molar-refractivity contribution < 1.29 is 9.32 Å². The Labute approximate surface area is 149 Å². The van der Waals surface area contributed by atoms with Crippen LogP contribution in [-0.4, -0.2) is 52.5 Å². The highest BCUT2D eigenvalue weighted by Crippen LogP contribution is 2.48. The number of rotatable bonds is 3. The third-order valence-electron chi connectivity index (χ3n) is 6.69. The van der Waals surface area contributed by atoms with Gasteiger partial charge in [0.25, 0.3) is 0 Å². The molecule has 1 spiro atoms. The van der Waals surface area contributed by atoms with Gasteiger partial charge in [-0.25, -0.2) is 0 Å². The van der Waals surface area contributed by atoms with Crippen LogP contribution in [0.4, 0.5) is 0 Å². The number of amides is 1. The third-order valence-corrected chi connectivity index (χ3v) is 6.69. The molecule has 2 saturated heterocycles. The van der Waals surface area contributed by atoms with Crippen LogP contribution in [-0.2, 0) is 4.79 Å². The molecule has 6 heteroatoms. The fourth-order valence-corrected chi connectivity index (χ4v) is 5.18. The van der Waals surface area contributed by atoms with Crippen LogP contribution in [0, 0.1) is 18.3 Å². The predicted octanol–water partition coefficient (Wildman–Crippen LogP) is 2.94. The summed E-state index contributed by atoms with van der Waals surface area (Å²) < 4.78 is 5.42. The molecule has 0 N–H and O–H groups in total. The van der Waals surface area contributed by atoms with Crippen LogP contribution in [0.15, 0.2) is 4.52 Å². The zero-order valence-corrected chi connectivity index (χ0v) is 15.5. The molecule has 3 aliphatic rings. The van der Waals surface area contributed by atoms with Gasteiger partial charge in [0.05, 0.1) is 6.04 Å². The van der Waals surface area contributed by atoms with Gasteiger partial charge < -0.3 is 9.42 Å². The fourth-order valence-electron chi connectivity index (χ4n) is 5.18. The van der Waals surface area contributed by atoms with E-state index in [4.69, 9.17) is 4.52 Å². The highest BCUT2D eigenvalue weighted by molar-refractivity contribution is 5.76. The van der Waals surface area contributed by atoms with E-state index in [1.54, 1.807) is 0 Å². The minimum atomic E-state index is 0.224. The summed E-state index contributed by atoms with van der Waals surface area (Å²) >= 11 is 0. The van der Waals surface area contributed by atoms with Crippen molar-refractivity contribution in [1.82, 2.24) is 19.9 Å². The van der Waals surface area contributed by atoms with Gasteiger partial charge in [0.2, 0.25) is 11.8 Å². The number of likely N-dealkylation sites (tertiary alicyclic amines) is 2. The second kappa shape index (κ2) is 6.71. The summed E-state index contributed by atoms with van der Waals surface area (Å²) in [7, 11) is 2.15. The maximum absolute atomic E-state index is 12.6. The molecule has 1 aromatic rings. The van der Waals surface area contributed by atoms with E-state index in [9.17, 15) is 4.79 Å². The molecule has 25 heavy (non-hydrogen) atoms. The largest absolute Gasteiger partial charge is 0.343 e. The lowest BCUT2D eigenvalue weighted by molar-refractivity contribution is -0.134. The molecule has 4 rings (SSSR count). The van der Waals surface area contributed by atoms with Gasteiger partial charge in [0, 0.05) is 26.1 Å². The average molecular weight is 346 g/mol. The number of carbonyl (C=O) groups is 1. The Hall–Kier alpha value is -1.43. The molecule has 2 aliphatic heterocycles. The van der Waals surface area contributed by atoms with Gasteiger partial charge in [-0.15, -0.1) is 0 Å². The van der Waals surface area contributed by atoms with Crippen molar-refractivity contribution in [3.8, 4) is 0 Å². The standard InChI is InChI=1S/C19H30N4O2/c1-14-20-18(25-21-14)16-12-19(13-22(16)2)7-9-23(10-8-19)17(24)11-15-5-3-4-6-15/h15-16H,3-13H2,1-2H3. The van der Waals surface area contributed by atoms with Gasteiger partial charge in [0.1, 0.15) is 0 Å². The number of carbonyl (C=O) groups excluding carboxylic acids is 1. The van der Waals surface area contributed by atoms with Crippen LogP contribution >= 0.6 is 0 Å². The van der Waals surface area contributed by atoms with Crippen molar-refractivity contribution in [1.29, 1.82) is 0 Å². The summed E-state index contributed by atoms with van der Waals surface area (Å²) in [5.41, 5.74) is 0.298. The summed E-state index contributed by atoms with van der Waals surface area (Å²) in [6, 6.07) is 0.224. The Bertz CT molecular complexity index is 615. The lowest BCUT2D eigenvalue weighted by Gasteiger charge is -2.39. The zero-order valence-electron chi connectivity index (χ0n) is 15.5. The van der Waals surface area contributed by atoms with E-state index in [2.05, 4.69) is 27.0 Å². The van der Waals surface area contributed by atoms with E-state index < -0.39 is 0 Å². The van der Waals surface area contributed by atoms with Gasteiger partial charge in [-0.1, -0.05) is 18.0 Å². The van der Waals surface area contributed by atoms with Crippen molar-refractivity contribution in [2.45, 2.75) is 64.3 Å². The molecule has 0 aromatic carbocycles. The number of aromatic nitrogens is 2. The normalized spacial score (nSPS) is 27.4. The maximum Gasteiger partial charge on any atom is 0.243 e. The van der Waals surface area contributed by atoms with Crippen LogP contribution in [0.5, 0.6) is 0 Å². The summed E-state index contributed by atoms with van der Waals surface area (Å²) in [6.07, 6.45) is 9.15. The van der Waals surface area contributed by atoms with E-state index in [-0.39, 0.29) is 6.04 Å². The zero-order chi connectivity index (χ0) is 17.4. The Kier molecular flexibility index (Phi) is 4.56. The average Bonchev–Trinajstić information content (AvgIpc) is 3.30. The summed E-state index contributed by atoms with van der Waals surface area (Å²) in [5.74, 6) is 2.48. The second-order valence-corrected chi connectivity index (χ2v) is 8.55. The molecule has 1 amide bonds. The Morgan fingerprint density at radius 3 is 2.64 bits per heavy atom. The highest BCUT2D eigenvalue weighted by atomic mass is 16.5. The topological polar surface area (TPSA) is 62.5 Å². The number of aryl methyl sites for hydroxylation is 1. The summed E-state index contributed by atoms with van der Waals surface area (Å²) in [6.45, 7) is 4.75. The molecule has 1 aliphatic carbocycles. The quantitative estimate of drug-likeness (QED) is 0.842. The summed E-state index contributed by atoms with van der Waals surface area (Å²) in [4.78, 5) is 21.5. The van der Waals surface area contributed by atoms with Crippen molar-refractivity contribution in [2.24, 2.45) is 11.3 Å². The van der Waals surface area contributed by atoms with Gasteiger partial charge in [-0.05, 0) is 57.4 Å². The smallest absolute Gasteiger partial charge is 0.243 e. The van der Waals surface area contributed by atoms with Crippen LogP contribution in [0.3, 0.4) is 0 Å². The number of hydrogen-bond donors (Lipinski definition) is 0. The van der Waals surface area contributed by atoms with Crippen LogP contribution in [0.2, 0.25) is 0 Å². The SMILES string of the molecule is Cc1noc(C2CC3(CCN(C(=O)CC4CCCC4)CC3)CN2C)n1. The summed E-state index contributed by atoms with van der Waals surface area (Å²) in [5, 5.41) is 3.95. The van der Waals surface area contributed by atoms with E-state index in [0.29, 0.717) is 23.1 Å². The Morgan fingerprint density at radius 1 is 1.28 bits per heavy atom. The van der Waals surface area contributed by atoms with Crippen LogP contribution in [0.1, 0.15) is 69.1 Å². The van der Waals surface area contributed by atoms with Gasteiger partial charge in [-0.2, -0.15) is 4.98 Å². The minimum absolute atomic E-state index is 0.224. The van der Waals surface area contributed by atoms with Crippen molar-refractivity contribution in [3.05, 3.63) is 11.7 Å². The number of hydrogen-bond acceptors (Lipinski definition) is 5. The molecule has 6 nitrogen and oxygen atoms in total. The monoisotopic (exact) mass is 346 g/mol. The molecule has 3 heterocycles. The van der Waals surface area contributed by atoms with Gasteiger partial charge in [-0.3, -0.25) is 9.69 Å². The van der Waals surface area contributed by atoms with Crippen molar-refractivity contribution >= 4 is 5.91 Å². The third kappa shape index (κ3) is 3.46. The Balaban J connectivity index is 1.34. The lowest BCUT2D eigenvalue weighted by Crippen LogP contribution is -2.44. The molecular formula is C19H30N4O2. The fraction of sp³-hybridized carbons (Fsp3) is 0.842. The molecule has 1 unspecified atom stereocenters. The molecule has 3 fully saturated rings. The highest BCUT2D eigenvalue weighted by Gasteiger charge is 2.47. The van der Waals surface area contributed by atoms with E-state index in [1.807, 2.05) is 6.92 Å². The van der Waals surface area contributed by atoms with Crippen LogP contribution < -0.4 is 0 Å².